The molecule has 0 atom stereocenters. The van der Waals surface area contributed by atoms with Crippen LogP contribution in [0, 0.1) is 6.92 Å². The Kier molecular flexibility index (Phi) is 4.71. The van der Waals surface area contributed by atoms with Crippen molar-refractivity contribution in [1.29, 1.82) is 0 Å². The molecule has 29 heavy (non-hydrogen) atoms. The lowest BCUT2D eigenvalue weighted by molar-refractivity contribution is 0.607. The minimum atomic E-state index is -3.44. The minimum Gasteiger partial charge on any atom is -0.326 e. The number of aryl methyl sites for hydroxylation is 1. The average molecular weight is 408 g/mol. The maximum Gasteiger partial charge on any atom is 0.272 e. The summed E-state index contributed by atoms with van der Waals surface area (Å²) in [6.07, 6.45) is 6.55. The maximum atomic E-state index is 12.3. The van der Waals surface area contributed by atoms with Gasteiger partial charge in [0.2, 0.25) is 10.0 Å². The van der Waals surface area contributed by atoms with Crippen molar-refractivity contribution < 1.29 is 8.42 Å². The molecule has 1 aromatic carbocycles. The molecule has 0 saturated carbocycles. The summed E-state index contributed by atoms with van der Waals surface area (Å²) in [5.74, 6) is 0. The van der Waals surface area contributed by atoms with Crippen LogP contribution < -0.4 is 10.3 Å². The molecule has 0 amide bonds. The number of aromatic amines is 1. The first kappa shape index (κ1) is 18.9. The van der Waals surface area contributed by atoms with Gasteiger partial charge in [0.25, 0.3) is 5.56 Å². The molecule has 0 fully saturated rings. The van der Waals surface area contributed by atoms with E-state index in [0.717, 1.165) is 34.3 Å². The number of anilines is 1. The van der Waals surface area contributed by atoms with Crippen LogP contribution in [0.25, 0.3) is 16.8 Å². The average Bonchev–Trinajstić information content (AvgIpc) is 3.00. The summed E-state index contributed by atoms with van der Waals surface area (Å²) < 4.78 is 27.7. The molecule has 8 heteroatoms. The van der Waals surface area contributed by atoms with Gasteiger partial charge in [0.05, 0.1) is 29.5 Å². The van der Waals surface area contributed by atoms with Gasteiger partial charge >= 0.3 is 0 Å². The van der Waals surface area contributed by atoms with E-state index in [-0.39, 0.29) is 5.56 Å². The first-order valence-electron chi connectivity index (χ1n) is 9.02. The zero-order valence-electron chi connectivity index (χ0n) is 16.0. The molecule has 3 aromatic heterocycles. The van der Waals surface area contributed by atoms with Crippen LogP contribution in [-0.4, -0.2) is 29.0 Å². The third-order valence-electron chi connectivity index (χ3n) is 4.64. The second kappa shape index (κ2) is 7.21. The van der Waals surface area contributed by atoms with Crippen molar-refractivity contribution in [2.45, 2.75) is 13.3 Å². The van der Waals surface area contributed by atoms with Crippen LogP contribution in [0.1, 0.15) is 16.8 Å². The van der Waals surface area contributed by atoms with Crippen LogP contribution in [0.3, 0.4) is 0 Å². The number of H-pyrrole nitrogens is 1. The molecule has 0 aliphatic rings. The van der Waals surface area contributed by atoms with Crippen LogP contribution in [0.2, 0.25) is 0 Å². The first-order valence-corrected chi connectivity index (χ1v) is 10.9. The molecule has 0 aliphatic carbocycles. The molecule has 148 valence electrons. The normalized spacial score (nSPS) is 11.7. The van der Waals surface area contributed by atoms with Gasteiger partial charge in [-0.1, -0.05) is 30.3 Å². The first-order chi connectivity index (χ1) is 13.8. The van der Waals surface area contributed by atoms with Crippen molar-refractivity contribution in [1.82, 2.24) is 14.4 Å². The zero-order chi connectivity index (χ0) is 20.6. The van der Waals surface area contributed by atoms with Gasteiger partial charge in [0.15, 0.2) is 0 Å². The molecular formula is C21H20N4O3S. The van der Waals surface area contributed by atoms with E-state index in [9.17, 15) is 13.2 Å². The van der Waals surface area contributed by atoms with E-state index in [1.165, 1.54) is 6.20 Å². The Morgan fingerprint density at radius 1 is 1.17 bits per heavy atom. The summed E-state index contributed by atoms with van der Waals surface area (Å²) in [6, 6.07) is 13.6. The van der Waals surface area contributed by atoms with Gasteiger partial charge in [-0.15, -0.1) is 0 Å². The number of pyridine rings is 1. The van der Waals surface area contributed by atoms with E-state index in [1.54, 1.807) is 18.5 Å². The summed E-state index contributed by atoms with van der Waals surface area (Å²) >= 11 is 0. The van der Waals surface area contributed by atoms with E-state index < -0.39 is 10.0 Å². The van der Waals surface area contributed by atoms with Crippen molar-refractivity contribution in [3.63, 3.8) is 0 Å². The monoisotopic (exact) mass is 408 g/mol. The highest BCUT2D eigenvalue weighted by Gasteiger charge is 2.16. The summed E-state index contributed by atoms with van der Waals surface area (Å²) in [6.45, 7) is 1.87. The molecule has 0 saturated heterocycles. The summed E-state index contributed by atoms with van der Waals surface area (Å²) in [5, 5.41) is 0. The van der Waals surface area contributed by atoms with E-state index in [0.29, 0.717) is 17.6 Å². The number of hydrogen-bond donors (Lipinski definition) is 2. The third-order valence-corrected chi connectivity index (χ3v) is 5.25. The van der Waals surface area contributed by atoms with Gasteiger partial charge < -0.3 is 9.38 Å². The van der Waals surface area contributed by atoms with Gasteiger partial charge in [-0.3, -0.25) is 14.5 Å². The second-order valence-electron chi connectivity index (χ2n) is 6.98. The topological polar surface area (TPSA) is 96.3 Å². The van der Waals surface area contributed by atoms with Crippen molar-refractivity contribution in [3.05, 3.63) is 88.2 Å². The molecule has 0 aliphatic heterocycles. The lowest BCUT2D eigenvalue weighted by Gasteiger charge is -2.12. The molecule has 0 radical (unpaired) electrons. The van der Waals surface area contributed by atoms with E-state index in [1.807, 2.05) is 47.7 Å². The molecule has 4 aromatic rings. The fourth-order valence-corrected chi connectivity index (χ4v) is 4.01. The van der Waals surface area contributed by atoms with E-state index in [4.69, 9.17) is 0 Å². The number of nitrogens with zero attached hydrogens (tertiary/aromatic N) is 2. The number of hydrogen-bond acceptors (Lipinski definition) is 4. The van der Waals surface area contributed by atoms with E-state index >= 15 is 0 Å². The van der Waals surface area contributed by atoms with Crippen molar-refractivity contribution in [2.75, 3.05) is 11.0 Å². The maximum absolute atomic E-state index is 12.3. The van der Waals surface area contributed by atoms with Crippen molar-refractivity contribution in [2.24, 2.45) is 0 Å². The Bertz CT molecular complexity index is 1360. The van der Waals surface area contributed by atoms with E-state index in [2.05, 4.69) is 14.7 Å². The summed E-state index contributed by atoms with van der Waals surface area (Å²) in [4.78, 5) is 19.5. The van der Waals surface area contributed by atoms with Crippen molar-refractivity contribution in [3.8, 4) is 11.3 Å². The third kappa shape index (κ3) is 3.93. The number of sulfonamides is 1. The minimum absolute atomic E-state index is 0.181. The predicted molar refractivity (Wildman–Crippen MR) is 114 cm³/mol. The molecule has 4 rings (SSSR count). The molecular weight excluding hydrogens is 388 g/mol. The number of fused-ring (bicyclic) bond motifs is 1. The molecule has 0 bridgehead atoms. The highest BCUT2D eigenvalue weighted by molar-refractivity contribution is 7.92. The van der Waals surface area contributed by atoms with Gasteiger partial charge in [0, 0.05) is 24.4 Å². The van der Waals surface area contributed by atoms with Gasteiger partial charge in [-0.2, -0.15) is 0 Å². The fourth-order valence-electron chi connectivity index (χ4n) is 3.47. The number of rotatable bonds is 5. The van der Waals surface area contributed by atoms with Crippen LogP contribution in [0.5, 0.6) is 0 Å². The second-order valence-corrected chi connectivity index (χ2v) is 8.72. The van der Waals surface area contributed by atoms with Crippen LogP contribution >= 0.6 is 0 Å². The van der Waals surface area contributed by atoms with Gasteiger partial charge in [0.1, 0.15) is 5.52 Å². The smallest absolute Gasteiger partial charge is 0.272 e. The van der Waals surface area contributed by atoms with Crippen molar-refractivity contribution >= 4 is 21.2 Å². The van der Waals surface area contributed by atoms with Crippen LogP contribution in [0.4, 0.5) is 5.69 Å². The summed E-state index contributed by atoms with van der Waals surface area (Å²) in [7, 11) is -3.44. The largest absolute Gasteiger partial charge is 0.326 e. The molecule has 0 unspecified atom stereocenters. The highest BCUT2D eigenvalue weighted by atomic mass is 32.2. The number of nitrogens with one attached hydrogen (secondary N) is 2. The molecule has 3 heterocycles. The Hall–Kier alpha value is -3.39. The standard InChI is InChI=1S/C21H20N4O3S/c1-14-10-19(25-9-8-22-21(26)20(14)25)17-12-16(24-29(2,27)28)13-23-18(17)11-15-6-4-3-5-7-15/h3-10,12-13,24H,11H2,1-2H3,(H,22,26). The molecule has 7 nitrogen and oxygen atoms in total. The van der Waals surface area contributed by atoms with Gasteiger partial charge in [-0.25, -0.2) is 8.42 Å². The Balaban J connectivity index is 1.93. The Labute approximate surface area is 168 Å². The lowest BCUT2D eigenvalue weighted by Crippen LogP contribution is -2.11. The SMILES string of the molecule is Cc1cc(-c2cc(NS(C)(=O)=O)cnc2Cc2ccccc2)n2cc[nH]c(=O)c12. The van der Waals surface area contributed by atoms with Gasteiger partial charge in [-0.05, 0) is 30.2 Å². The predicted octanol–water partition coefficient (Wildman–Crippen LogP) is 2.96. The Morgan fingerprint density at radius 3 is 2.66 bits per heavy atom. The fraction of sp³-hybridized carbons (Fsp3) is 0.143. The zero-order valence-corrected chi connectivity index (χ0v) is 16.8. The van der Waals surface area contributed by atoms with Crippen LogP contribution in [-0.2, 0) is 16.4 Å². The molecule has 0 spiro atoms. The highest BCUT2D eigenvalue weighted by Crippen LogP contribution is 2.30. The molecule has 2 N–H and O–H groups in total. The number of benzene rings is 1. The quantitative estimate of drug-likeness (QED) is 0.531. The van der Waals surface area contributed by atoms with Crippen LogP contribution in [0.15, 0.2) is 65.8 Å². The summed E-state index contributed by atoms with van der Waals surface area (Å²) in [5.41, 5.74) is 4.98. The number of aromatic nitrogens is 3. The Morgan fingerprint density at radius 2 is 1.93 bits per heavy atom. The lowest BCUT2D eigenvalue weighted by atomic mass is 10.0.